The number of para-hydroxylation sites is 1. The smallest absolute Gasteiger partial charge is 0.257 e. The van der Waals surface area contributed by atoms with Crippen molar-refractivity contribution in [1.82, 2.24) is 9.88 Å². The number of rotatable bonds is 3. The van der Waals surface area contributed by atoms with Crippen molar-refractivity contribution in [2.24, 2.45) is 0 Å². The van der Waals surface area contributed by atoms with Crippen molar-refractivity contribution in [3.8, 4) is 0 Å². The lowest BCUT2D eigenvalue weighted by atomic mass is 10.1. The first kappa shape index (κ1) is 15.9. The number of aromatic nitrogens is 1. The maximum absolute atomic E-state index is 13.0. The zero-order valence-corrected chi connectivity index (χ0v) is 14.9. The van der Waals surface area contributed by atoms with Crippen LogP contribution in [0.5, 0.6) is 0 Å². The number of nitrogens with zero attached hydrogens (tertiary/aromatic N) is 1. The molecule has 0 bridgehead atoms. The van der Waals surface area contributed by atoms with Crippen molar-refractivity contribution in [2.45, 2.75) is 33.9 Å². The Labute approximate surface area is 147 Å². The van der Waals surface area contributed by atoms with Crippen molar-refractivity contribution in [1.29, 1.82) is 0 Å². The van der Waals surface area contributed by atoms with Crippen molar-refractivity contribution in [3.63, 3.8) is 0 Å². The molecule has 2 N–H and O–H groups in total. The van der Waals surface area contributed by atoms with Crippen LogP contribution in [0.25, 0.3) is 10.9 Å². The van der Waals surface area contributed by atoms with Crippen molar-refractivity contribution >= 4 is 22.5 Å². The monoisotopic (exact) mass is 333 g/mol. The second-order valence-electron chi connectivity index (χ2n) is 6.80. The number of hydrogen-bond donors (Lipinski definition) is 2. The molecular weight excluding hydrogens is 310 g/mol. The summed E-state index contributed by atoms with van der Waals surface area (Å²) in [5.74, 6) is -0.0600. The molecule has 0 aliphatic carbocycles. The first-order chi connectivity index (χ1) is 12.1. The molecule has 128 valence electrons. The highest BCUT2D eigenvalue weighted by molar-refractivity contribution is 6.12. The third-order valence-corrected chi connectivity index (χ3v) is 5.33. The van der Waals surface area contributed by atoms with Gasteiger partial charge >= 0.3 is 0 Å². The van der Waals surface area contributed by atoms with E-state index in [1.807, 2.05) is 31.2 Å². The van der Waals surface area contributed by atoms with Crippen molar-refractivity contribution in [3.05, 3.63) is 64.3 Å². The number of aromatic amines is 1. The zero-order chi connectivity index (χ0) is 17.6. The van der Waals surface area contributed by atoms with Crippen LogP contribution in [0.1, 0.15) is 39.7 Å². The molecule has 0 radical (unpaired) electrons. The standard InChI is InChI=1S/C21H23N3O/c1-4-24-11-15-7-5-10-19(18(15)12-24)23-21(25)17-9-6-8-16-13(2)14(3)22-20(16)17/h5-10,22H,4,11-12H2,1-3H3,(H,23,25). The number of amides is 1. The molecule has 4 heteroatoms. The van der Waals surface area contributed by atoms with Crippen LogP contribution in [0.4, 0.5) is 5.69 Å². The fourth-order valence-corrected chi connectivity index (χ4v) is 3.69. The summed E-state index contributed by atoms with van der Waals surface area (Å²) in [7, 11) is 0. The SMILES string of the molecule is CCN1Cc2cccc(NC(=O)c3cccc4c(C)c(C)[nH]c34)c2C1. The Balaban J connectivity index is 1.69. The Morgan fingerprint density at radius 1 is 1.16 bits per heavy atom. The number of carbonyl (C=O) groups is 1. The van der Waals surface area contributed by atoms with Gasteiger partial charge in [-0.2, -0.15) is 0 Å². The summed E-state index contributed by atoms with van der Waals surface area (Å²) in [6.07, 6.45) is 0. The van der Waals surface area contributed by atoms with E-state index >= 15 is 0 Å². The molecule has 0 fully saturated rings. The van der Waals surface area contributed by atoms with E-state index in [0.29, 0.717) is 5.56 Å². The van der Waals surface area contributed by atoms with E-state index in [-0.39, 0.29) is 5.91 Å². The quantitative estimate of drug-likeness (QED) is 0.747. The summed E-state index contributed by atoms with van der Waals surface area (Å²) in [6, 6.07) is 12.1. The summed E-state index contributed by atoms with van der Waals surface area (Å²) in [5.41, 5.74) is 7.39. The molecule has 2 heterocycles. The van der Waals surface area contributed by atoms with Gasteiger partial charge < -0.3 is 10.3 Å². The van der Waals surface area contributed by atoms with Gasteiger partial charge in [-0.05, 0) is 49.2 Å². The normalized spacial score (nSPS) is 14.0. The third-order valence-electron chi connectivity index (χ3n) is 5.33. The molecule has 4 nitrogen and oxygen atoms in total. The molecule has 1 aliphatic heterocycles. The Bertz CT molecular complexity index is 971. The van der Waals surface area contributed by atoms with E-state index in [4.69, 9.17) is 0 Å². The Hall–Kier alpha value is -2.59. The van der Waals surface area contributed by atoms with Gasteiger partial charge in [0.05, 0.1) is 11.1 Å². The lowest BCUT2D eigenvalue weighted by molar-refractivity contribution is 0.102. The number of carbonyl (C=O) groups excluding carboxylic acids is 1. The van der Waals surface area contributed by atoms with E-state index in [9.17, 15) is 4.79 Å². The molecule has 0 spiro atoms. The van der Waals surface area contributed by atoms with E-state index < -0.39 is 0 Å². The fraction of sp³-hybridized carbons (Fsp3) is 0.286. The first-order valence-electron chi connectivity index (χ1n) is 8.81. The molecule has 0 saturated heterocycles. The third kappa shape index (κ3) is 2.63. The van der Waals surface area contributed by atoms with Gasteiger partial charge in [0, 0.05) is 29.9 Å². The van der Waals surface area contributed by atoms with Crippen molar-refractivity contribution < 1.29 is 4.79 Å². The van der Waals surface area contributed by atoms with Crippen LogP contribution >= 0.6 is 0 Å². The van der Waals surface area contributed by atoms with E-state index in [1.54, 1.807) is 0 Å². The molecule has 0 atom stereocenters. The molecule has 4 rings (SSSR count). The number of aryl methyl sites for hydroxylation is 2. The van der Waals surface area contributed by atoms with Gasteiger partial charge in [-0.3, -0.25) is 9.69 Å². The maximum atomic E-state index is 13.0. The van der Waals surface area contributed by atoms with Crippen LogP contribution in [-0.2, 0) is 13.1 Å². The number of nitrogens with one attached hydrogen (secondary N) is 2. The summed E-state index contributed by atoms with van der Waals surface area (Å²) >= 11 is 0. The Morgan fingerprint density at radius 2 is 1.96 bits per heavy atom. The van der Waals surface area contributed by atoms with E-state index in [2.05, 4.69) is 41.2 Å². The predicted octanol–water partition coefficient (Wildman–Crippen LogP) is 4.37. The Morgan fingerprint density at radius 3 is 2.76 bits per heavy atom. The maximum Gasteiger partial charge on any atom is 0.257 e. The summed E-state index contributed by atoms with van der Waals surface area (Å²) < 4.78 is 0. The topological polar surface area (TPSA) is 48.1 Å². The minimum absolute atomic E-state index is 0.0600. The molecule has 0 saturated carbocycles. The molecule has 1 aliphatic rings. The van der Waals surface area contributed by atoms with Gasteiger partial charge in [-0.1, -0.05) is 31.2 Å². The average molecular weight is 333 g/mol. The van der Waals surface area contributed by atoms with Crippen LogP contribution in [0.15, 0.2) is 36.4 Å². The second kappa shape index (κ2) is 6.05. The largest absolute Gasteiger partial charge is 0.358 e. The summed E-state index contributed by atoms with van der Waals surface area (Å²) in [4.78, 5) is 18.7. The van der Waals surface area contributed by atoms with Crippen molar-refractivity contribution in [2.75, 3.05) is 11.9 Å². The zero-order valence-electron chi connectivity index (χ0n) is 14.9. The second-order valence-corrected chi connectivity index (χ2v) is 6.80. The molecule has 1 amide bonds. The molecule has 25 heavy (non-hydrogen) atoms. The number of H-pyrrole nitrogens is 1. The highest BCUT2D eigenvalue weighted by Gasteiger charge is 2.22. The van der Waals surface area contributed by atoms with Gasteiger partial charge in [0.2, 0.25) is 0 Å². The molecule has 1 aromatic heterocycles. The van der Waals surface area contributed by atoms with E-state index in [0.717, 1.165) is 41.9 Å². The van der Waals surface area contributed by atoms with Crippen LogP contribution in [0.2, 0.25) is 0 Å². The number of hydrogen-bond acceptors (Lipinski definition) is 2. The van der Waals surface area contributed by atoms with Crippen LogP contribution in [0, 0.1) is 13.8 Å². The van der Waals surface area contributed by atoms with Gasteiger partial charge in [0.1, 0.15) is 0 Å². The fourth-order valence-electron chi connectivity index (χ4n) is 3.69. The van der Waals surface area contributed by atoms with Crippen LogP contribution in [0.3, 0.4) is 0 Å². The van der Waals surface area contributed by atoms with Crippen LogP contribution < -0.4 is 5.32 Å². The average Bonchev–Trinajstić information content (AvgIpc) is 3.17. The predicted molar refractivity (Wildman–Crippen MR) is 102 cm³/mol. The lowest BCUT2D eigenvalue weighted by Gasteiger charge is -2.12. The highest BCUT2D eigenvalue weighted by Crippen LogP contribution is 2.30. The number of benzene rings is 2. The number of anilines is 1. The van der Waals surface area contributed by atoms with Gasteiger partial charge in [0.25, 0.3) is 5.91 Å². The molecule has 0 unspecified atom stereocenters. The minimum Gasteiger partial charge on any atom is -0.358 e. The molecule has 2 aromatic carbocycles. The summed E-state index contributed by atoms with van der Waals surface area (Å²) in [5, 5.41) is 4.25. The van der Waals surface area contributed by atoms with E-state index in [1.165, 1.54) is 16.7 Å². The van der Waals surface area contributed by atoms with Gasteiger partial charge in [-0.15, -0.1) is 0 Å². The lowest BCUT2D eigenvalue weighted by Crippen LogP contribution is -2.16. The van der Waals surface area contributed by atoms with Crippen LogP contribution in [-0.4, -0.2) is 22.3 Å². The summed E-state index contributed by atoms with van der Waals surface area (Å²) in [6.45, 7) is 9.16. The highest BCUT2D eigenvalue weighted by atomic mass is 16.1. The minimum atomic E-state index is -0.0600. The molecule has 3 aromatic rings. The first-order valence-corrected chi connectivity index (χ1v) is 8.81. The number of fused-ring (bicyclic) bond motifs is 2. The molecular formula is C21H23N3O. The Kier molecular flexibility index (Phi) is 3.85. The van der Waals surface area contributed by atoms with Gasteiger partial charge in [-0.25, -0.2) is 0 Å². The van der Waals surface area contributed by atoms with Gasteiger partial charge in [0.15, 0.2) is 0 Å².